The Labute approximate surface area is 141 Å². The third-order valence-corrected chi connectivity index (χ3v) is 6.23. The molecule has 0 amide bonds. The minimum Gasteiger partial charge on any atom is -0.454 e. The molecule has 1 aromatic rings. The van der Waals surface area contributed by atoms with E-state index >= 15 is 0 Å². The smallest absolute Gasteiger partial charge is 0.231 e. The van der Waals surface area contributed by atoms with Gasteiger partial charge in [-0.1, -0.05) is 6.08 Å². The van der Waals surface area contributed by atoms with Crippen LogP contribution in [0.4, 0.5) is 0 Å². The van der Waals surface area contributed by atoms with E-state index in [1.807, 2.05) is 6.07 Å². The third kappa shape index (κ3) is 1.86. The number of aliphatic hydroxyl groups excluding tert-OH is 1. The molecule has 1 unspecified atom stereocenters. The Kier molecular flexibility index (Phi) is 3.21. The van der Waals surface area contributed by atoms with Crippen molar-refractivity contribution in [2.24, 2.45) is 0 Å². The average Bonchev–Trinajstić information content (AvgIpc) is 3.19. The lowest BCUT2D eigenvalue weighted by Crippen LogP contribution is -2.46. The first-order valence-corrected chi connectivity index (χ1v) is 8.82. The normalized spacial score (nSPS) is 34.2. The molecule has 4 aliphatic rings. The van der Waals surface area contributed by atoms with Crippen molar-refractivity contribution >= 4 is 0 Å². The van der Waals surface area contributed by atoms with E-state index in [4.69, 9.17) is 14.2 Å². The van der Waals surface area contributed by atoms with Gasteiger partial charge in [0.05, 0.1) is 17.7 Å². The summed E-state index contributed by atoms with van der Waals surface area (Å²) in [6.45, 7) is 2.20. The number of ether oxygens (including phenoxy) is 3. The van der Waals surface area contributed by atoms with Crippen molar-refractivity contribution in [3.05, 3.63) is 34.9 Å². The van der Waals surface area contributed by atoms with Crippen LogP contribution in [0.25, 0.3) is 0 Å². The number of fused-ring (bicyclic) bond motifs is 2. The monoisotopic (exact) mass is 329 g/mol. The predicted molar refractivity (Wildman–Crippen MR) is 88.1 cm³/mol. The summed E-state index contributed by atoms with van der Waals surface area (Å²) in [5, 5.41) is 10.8. The zero-order valence-corrected chi connectivity index (χ0v) is 14.0. The van der Waals surface area contributed by atoms with Gasteiger partial charge in [-0.3, -0.25) is 4.90 Å². The highest BCUT2D eigenvalue weighted by Gasteiger charge is 2.52. The van der Waals surface area contributed by atoms with Crippen LogP contribution in [0.5, 0.6) is 11.5 Å². The van der Waals surface area contributed by atoms with Gasteiger partial charge in [0.25, 0.3) is 0 Å². The molecule has 1 N–H and O–H groups in total. The maximum Gasteiger partial charge on any atom is 0.231 e. The number of benzene rings is 1. The van der Waals surface area contributed by atoms with Gasteiger partial charge in [-0.15, -0.1) is 0 Å². The molecule has 5 rings (SSSR count). The van der Waals surface area contributed by atoms with Crippen LogP contribution in [-0.4, -0.2) is 43.1 Å². The molecule has 3 heterocycles. The Balaban J connectivity index is 1.75. The van der Waals surface area contributed by atoms with E-state index in [0.29, 0.717) is 0 Å². The third-order valence-electron chi connectivity index (χ3n) is 6.23. The largest absolute Gasteiger partial charge is 0.454 e. The van der Waals surface area contributed by atoms with Crippen LogP contribution in [-0.2, 0) is 10.3 Å². The molecule has 1 spiro atoms. The highest BCUT2D eigenvalue weighted by Crippen LogP contribution is 2.55. The van der Waals surface area contributed by atoms with Crippen molar-refractivity contribution in [1.82, 2.24) is 4.90 Å². The van der Waals surface area contributed by atoms with E-state index in [1.54, 1.807) is 7.11 Å². The number of methoxy groups -OCH3 is 1. The fourth-order valence-electron chi connectivity index (χ4n) is 5.03. The van der Waals surface area contributed by atoms with E-state index in [0.717, 1.165) is 55.8 Å². The van der Waals surface area contributed by atoms with Gasteiger partial charge in [0.15, 0.2) is 11.5 Å². The first kappa shape index (κ1) is 14.8. The Hall–Kier alpha value is -1.56. The molecule has 1 aromatic carbocycles. The number of aliphatic hydroxyl groups is 1. The van der Waals surface area contributed by atoms with Crippen LogP contribution in [0, 0.1) is 0 Å². The zero-order valence-electron chi connectivity index (χ0n) is 14.0. The minimum atomic E-state index is -0.460. The fourth-order valence-corrected chi connectivity index (χ4v) is 5.03. The number of rotatable bonds is 1. The lowest BCUT2D eigenvalue weighted by atomic mass is 9.73. The summed E-state index contributed by atoms with van der Waals surface area (Å²) < 4.78 is 16.9. The SMILES string of the molecule is CO[C@H]1CC=C2CCN3CCC(O)c4cc5c(cc4[C@]23C1)OCO5. The van der Waals surface area contributed by atoms with Crippen molar-refractivity contribution in [1.29, 1.82) is 0 Å². The second-order valence-electron chi connectivity index (χ2n) is 7.22. The predicted octanol–water partition coefficient (Wildman–Crippen LogP) is 2.49. The highest BCUT2D eigenvalue weighted by molar-refractivity contribution is 5.55. The summed E-state index contributed by atoms with van der Waals surface area (Å²) in [7, 11) is 1.80. The molecule has 128 valence electrons. The van der Waals surface area contributed by atoms with Crippen molar-refractivity contribution < 1.29 is 19.3 Å². The maximum absolute atomic E-state index is 10.8. The van der Waals surface area contributed by atoms with Crippen molar-refractivity contribution in [3.63, 3.8) is 0 Å². The second-order valence-corrected chi connectivity index (χ2v) is 7.22. The van der Waals surface area contributed by atoms with Gasteiger partial charge in [-0.25, -0.2) is 0 Å². The van der Waals surface area contributed by atoms with Crippen molar-refractivity contribution in [3.8, 4) is 11.5 Å². The fraction of sp³-hybridized carbons (Fsp3) is 0.579. The Bertz CT molecular complexity index is 716. The van der Waals surface area contributed by atoms with Crippen LogP contribution in [0.2, 0.25) is 0 Å². The molecule has 1 saturated heterocycles. The van der Waals surface area contributed by atoms with Gasteiger partial charge in [0, 0.05) is 26.6 Å². The Morgan fingerprint density at radius 3 is 2.92 bits per heavy atom. The van der Waals surface area contributed by atoms with Gasteiger partial charge in [-0.2, -0.15) is 0 Å². The van der Waals surface area contributed by atoms with Gasteiger partial charge in [-0.05, 0) is 48.1 Å². The highest BCUT2D eigenvalue weighted by atomic mass is 16.7. The van der Waals surface area contributed by atoms with E-state index in [9.17, 15) is 5.11 Å². The van der Waals surface area contributed by atoms with Gasteiger partial charge in [0.1, 0.15) is 0 Å². The second kappa shape index (κ2) is 5.22. The lowest BCUT2D eigenvalue weighted by molar-refractivity contribution is 0.0330. The molecule has 24 heavy (non-hydrogen) atoms. The standard InChI is InChI=1S/C19H23NO4/c1-22-13-3-2-12-4-6-20-7-5-16(21)14-8-17-18(24-11-23-17)9-15(14)19(12,20)10-13/h2,8-9,13,16,21H,3-7,10-11H2,1H3/t13-,16?,19-/m0/s1. The molecule has 1 aliphatic carbocycles. The summed E-state index contributed by atoms with van der Waals surface area (Å²) in [5.41, 5.74) is 3.49. The topological polar surface area (TPSA) is 51.2 Å². The first-order valence-electron chi connectivity index (χ1n) is 8.82. The van der Waals surface area contributed by atoms with Gasteiger partial charge >= 0.3 is 0 Å². The van der Waals surface area contributed by atoms with E-state index in [1.165, 1.54) is 11.1 Å². The van der Waals surface area contributed by atoms with Gasteiger partial charge in [0.2, 0.25) is 6.79 Å². The van der Waals surface area contributed by atoms with Crippen LogP contribution in [0.3, 0.4) is 0 Å². The van der Waals surface area contributed by atoms with Crippen molar-refractivity contribution in [2.75, 3.05) is 27.0 Å². The van der Waals surface area contributed by atoms with Crippen LogP contribution >= 0.6 is 0 Å². The number of nitrogens with zero attached hydrogens (tertiary/aromatic N) is 1. The number of hydrogen-bond donors (Lipinski definition) is 1. The van der Waals surface area contributed by atoms with E-state index < -0.39 is 6.10 Å². The summed E-state index contributed by atoms with van der Waals surface area (Å²) in [6.07, 6.45) is 5.88. The summed E-state index contributed by atoms with van der Waals surface area (Å²) >= 11 is 0. The quantitative estimate of drug-likeness (QED) is 0.802. The Morgan fingerprint density at radius 2 is 2.08 bits per heavy atom. The summed E-state index contributed by atoms with van der Waals surface area (Å²) in [5.74, 6) is 1.54. The number of hydrogen-bond acceptors (Lipinski definition) is 5. The molecule has 3 atom stereocenters. The molecular formula is C19H23NO4. The molecule has 0 bridgehead atoms. The molecule has 5 heteroatoms. The van der Waals surface area contributed by atoms with Gasteiger partial charge < -0.3 is 19.3 Å². The van der Waals surface area contributed by atoms with Crippen LogP contribution < -0.4 is 9.47 Å². The average molecular weight is 329 g/mol. The summed E-state index contributed by atoms with van der Waals surface area (Å²) in [6, 6.07) is 4.10. The molecule has 0 saturated carbocycles. The minimum absolute atomic E-state index is 0.160. The summed E-state index contributed by atoms with van der Waals surface area (Å²) in [4.78, 5) is 2.54. The molecule has 1 fully saturated rings. The molecule has 5 nitrogen and oxygen atoms in total. The van der Waals surface area contributed by atoms with E-state index in [-0.39, 0.29) is 18.4 Å². The van der Waals surface area contributed by atoms with Crippen LogP contribution in [0.15, 0.2) is 23.8 Å². The van der Waals surface area contributed by atoms with E-state index in [2.05, 4.69) is 17.0 Å². The van der Waals surface area contributed by atoms with Crippen molar-refractivity contribution in [2.45, 2.75) is 43.4 Å². The lowest BCUT2D eigenvalue weighted by Gasteiger charge is -2.44. The zero-order chi connectivity index (χ0) is 16.3. The molecule has 0 radical (unpaired) electrons. The maximum atomic E-state index is 10.8. The van der Waals surface area contributed by atoms with Crippen LogP contribution in [0.1, 0.15) is 42.9 Å². The molecule has 3 aliphatic heterocycles. The Morgan fingerprint density at radius 1 is 1.25 bits per heavy atom. The molecular weight excluding hydrogens is 306 g/mol. The first-order chi connectivity index (χ1) is 11.7. The molecule has 0 aromatic heterocycles.